The molecule has 0 saturated heterocycles. The summed E-state index contributed by atoms with van der Waals surface area (Å²) >= 11 is 1.63. The molecule has 1 heterocycles. The highest BCUT2D eigenvalue weighted by Gasteiger charge is 2.11. The molecule has 2 aromatic rings. The Balaban J connectivity index is 0.000000765. The van der Waals surface area contributed by atoms with Crippen molar-refractivity contribution in [2.75, 3.05) is 13.2 Å². The Morgan fingerprint density at radius 3 is 2.69 bits per heavy atom. The van der Waals surface area contributed by atoms with E-state index in [4.69, 9.17) is 20.4 Å². The second kappa shape index (κ2) is 11.2. The van der Waals surface area contributed by atoms with Gasteiger partial charge in [-0.3, -0.25) is 9.59 Å². The zero-order valence-electron chi connectivity index (χ0n) is 15.2. The molecule has 0 aliphatic heterocycles. The second-order valence-corrected chi connectivity index (χ2v) is 6.61. The molecule has 0 saturated carbocycles. The fraction of sp³-hybridized carbons (Fsp3) is 0.389. The highest BCUT2D eigenvalue weighted by atomic mass is 32.1. The summed E-state index contributed by atoms with van der Waals surface area (Å²) in [6.07, 6.45) is 0.873. The van der Waals surface area contributed by atoms with Crippen LogP contribution in [0.3, 0.4) is 0 Å². The summed E-state index contributed by atoms with van der Waals surface area (Å²) in [7, 11) is 0. The topological polar surface area (TPSA) is 115 Å². The van der Waals surface area contributed by atoms with Gasteiger partial charge in [-0.05, 0) is 31.5 Å². The molecule has 1 aromatic carbocycles. The first-order valence-corrected chi connectivity index (χ1v) is 9.04. The average molecular weight is 379 g/mol. The standard InChI is InChI=1S/C16H21N3O2S.C2H4O2/c1-3-14-15(22-11(2)19-14)10-18-16(20)12-5-4-6-13(9-12)21-8-7-17;1-2(3)4/h4-6,9H,3,7-8,10,17H2,1-2H3,(H,18,20);1H3,(H,3,4). The van der Waals surface area contributed by atoms with E-state index >= 15 is 0 Å². The fourth-order valence-electron chi connectivity index (χ4n) is 2.09. The third kappa shape index (κ3) is 7.62. The minimum Gasteiger partial charge on any atom is -0.492 e. The number of carboxylic acids is 1. The number of hydrogen-bond donors (Lipinski definition) is 3. The largest absolute Gasteiger partial charge is 0.492 e. The molecular weight excluding hydrogens is 354 g/mol. The Morgan fingerprint density at radius 2 is 2.08 bits per heavy atom. The van der Waals surface area contributed by atoms with Crippen LogP contribution in [0.4, 0.5) is 0 Å². The van der Waals surface area contributed by atoms with E-state index in [9.17, 15) is 4.79 Å². The molecule has 0 spiro atoms. The number of aryl methyl sites for hydroxylation is 2. The minimum absolute atomic E-state index is 0.119. The van der Waals surface area contributed by atoms with E-state index < -0.39 is 5.97 Å². The number of aromatic nitrogens is 1. The van der Waals surface area contributed by atoms with Gasteiger partial charge in [0.15, 0.2) is 0 Å². The van der Waals surface area contributed by atoms with E-state index in [1.54, 1.807) is 29.5 Å². The Morgan fingerprint density at radius 1 is 1.38 bits per heavy atom. The molecule has 0 radical (unpaired) electrons. The van der Waals surface area contributed by atoms with Crippen molar-refractivity contribution in [3.8, 4) is 5.75 Å². The van der Waals surface area contributed by atoms with Gasteiger partial charge in [-0.15, -0.1) is 11.3 Å². The maximum atomic E-state index is 12.2. The smallest absolute Gasteiger partial charge is 0.300 e. The predicted octanol–water partition coefficient (Wildman–Crippen LogP) is 2.37. The van der Waals surface area contributed by atoms with Gasteiger partial charge in [0, 0.05) is 23.9 Å². The van der Waals surface area contributed by atoms with Crippen molar-refractivity contribution in [3.05, 3.63) is 45.4 Å². The lowest BCUT2D eigenvalue weighted by Crippen LogP contribution is -2.23. The summed E-state index contributed by atoms with van der Waals surface area (Å²) in [5, 5.41) is 11.4. The number of nitrogens with zero attached hydrogens (tertiary/aromatic N) is 1. The molecule has 4 N–H and O–H groups in total. The van der Waals surface area contributed by atoms with Crippen molar-refractivity contribution in [2.24, 2.45) is 5.73 Å². The molecule has 26 heavy (non-hydrogen) atoms. The monoisotopic (exact) mass is 379 g/mol. The van der Waals surface area contributed by atoms with Crippen LogP contribution in [-0.2, 0) is 17.8 Å². The SMILES string of the molecule is CC(=O)O.CCc1nc(C)sc1CNC(=O)c1cccc(OCCN)c1. The molecule has 7 nitrogen and oxygen atoms in total. The van der Waals surface area contributed by atoms with Gasteiger partial charge in [-0.1, -0.05) is 13.0 Å². The third-order valence-corrected chi connectivity index (χ3v) is 4.13. The number of nitrogens with two attached hydrogens (primary N) is 1. The van der Waals surface area contributed by atoms with Gasteiger partial charge in [0.05, 0.1) is 17.2 Å². The zero-order valence-corrected chi connectivity index (χ0v) is 16.1. The number of amides is 1. The number of ether oxygens (including phenoxy) is 1. The van der Waals surface area contributed by atoms with E-state index in [0.29, 0.717) is 31.0 Å². The first-order valence-electron chi connectivity index (χ1n) is 8.23. The molecule has 142 valence electrons. The first kappa shape index (κ1) is 21.6. The number of rotatable bonds is 7. The molecule has 0 aliphatic rings. The van der Waals surface area contributed by atoms with Crippen molar-refractivity contribution >= 4 is 23.2 Å². The molecule has 1 aromatic heterocycles. The Kier molecular flexibility index (Phi) is 9.32. The molecule has 0 unspecified atom stereocenters. The van der Waals surface area contributed by atoms with Crippen LogP contribution in [0, 0.1) is 6.92 Å². The Hall–Kier alpha value is -2.45. The van der Waals surface area contributed by atoms with Crippen molar-refractivity contribution in [2.45, 2.75) is 33.7 Å². The number of thiazole rings is 1. The second-order valence-electron chi connectivity index (χ2n) is 5.32. The van der Waals surface area contributed by atoms with Crippen LogP contribution in [0.25, 0.3) is 0 Å². The number of carbonyl (C=O) groups excluding carboxylic acids is 1. The summed E-state index contributed by atoms with van der Waals surface area (Å²) in [6.45, 7) is 6.51. The minimum atomic E-state index is -0.833. The van der Waals surface area contributed by atoms with E-state index in [2.05, 4.69) is 17.2 Å². The van der Waals surface area contributed by atoms with Crippen molar-refractivity contribution in [3.63, 3.8) is 0 Å². The van der Waals surface area contributed by atoms with Gasteiger partial charge in [-0.2, -0.15) is 0 Å². The summed E-state index contributed by atoms with van der Waals surface area (Å²) in [6, 6.07) is 7.11. The lowest BCUT2D eigenvalue weighted by atomic mass is 10.2. The van der Waals surface area contributed by atoms with Crippen LogP contribution in [0.5, 0.6) is 5.75 Å². The van der Waals surface area contributed by atoms with Gasteiger partial charge in [0.2, 0.25) is 0 Å². The third-order valence-electron chi connectivity index (χ3n) is 3.11. The Bertz CT molecular complexity index is 727. The van der Waals surface area contributed by atoms with Crippen LogP contribution in [0.2, 0.25) is 0 Å². The fourth-order valence-corrected chi connectivity index (χ4v) is 3.06. The normalized spacial score (nSPS) is 9.85. The van der Waals surface area contributed by atoms with Crippen molar-refractivity contribution < 1.29 is 19.4 Å². The van der Waals surface area contributed by atoms with Crippen LogP contribution in [-0.4, -0.2) is 35.1 Å². The quantitative estimate of drug-likeness (QED) is 0.680. The number of nitrogens with one attached hydrogen (secondary N) is 1. The number of carboxylic acid groups (broad SMARTS) is 1. The molecule has 2 rings (SSSR count). The lowest BCUT2D eigenvalue weighted by Gasteiger charge is -2.08. The summed E-state index contributed by atoms with van der Waals surface area (Å²) in [4.78, 5) is 26.8. The summed E-state index contributed by atoms with van der Waals surface area (Å²) in [5.41, 5.74) is 7.04. The van der Waals surface area contributed by atoms with Gasteiger partial charge < -0.3 is 20.9 Å². The summed E-state index contributed by atoms with van der Waals surface area (Å²) in [5.74, 6) is -0.299. The van der Waals surface area contributed by atoms with Gasteiger partial charge in [0.25, 0.3) is 11.9 Å². The molecule has 1 amide bonds. The van der Waals surface area contributed by atoms with Crippen LogP contribution < -0.4 is 15.8 Å². The van der Waals surface area contributed by atoms with E-state index in [0.717, 1.165) is 28.9 Å². The predicted molar refractivity (Wildman–Crippen MR) is 102 cm³/mol. The maximum Gasteiger partial charge on any atom is 0.300 e. The zero-order chi connectivity index (χ0) is 19.5. The van der Waals surface area contributed by atoms with Crippen LogP contribution in [0.1, 0.15) is 39.8 Å². The summed E-state index contributed by atoms with van der Waals surface area (Å²) < 4.78 is 5.44. The van der Waals surface area contributed by atoms with Crippen molar-refractivity contribution in [1.29, 1.82) is 0 Å². The van der Waals surface area contributed by atoms with Crippen molar-refractivity contribution in [1.82, 2.24) is 10.3 Å². The van der Waals surface area contributed by atoms with E-state index in [1.807, 2.05) is 13.0 Å². The van der Waals surface area contributed by atoms with Gasteiger partial charge in [0.1, 0.15) is 12.4 Å². The molecule has 0 bridgehead atoms. The first-order chi connectivity index (χ1) is 12.4. The van der Waals surface area contributed by atoms with Gasteiger partial charge in [-0.25, -0.2) is 4.98 Å². The maximum absolute atomic E-state index is 12.2. The molecule has 0 fully saturated rings. The van der Waals surface area contributed by atoms with E-state index in [-0.39, 0.29) is 5.91 Å². The molecule has 0 aliphatic carbocycles. The lowest BCUT2D eigenvalue weighted by molar-refractivity contribution is -0.134. The highest BCUT2D eigenvalue weighted by Crippen LogP contribution is 2.19. The molecule has 8 heteroatoms. The number of carbonyl (C=O) groups is 2. The van der Waals surface area contributed by atoms with E-state index in [1.165, 1.54) is 0 Å². The number of aliphatic carboxylic acids is 1. The highest BCUT2D eigenvalue weighted by molar-refractivity contribution is 7.11. The van der Waals surface area contributed by atoms with Crippen LogP contribution >= 0.6 is 11.3 Å². The van der Waals surface area contributed by atoms with Gasteiger partial charge >= 0.3 is 0 Å². The number of benzene rings is 1. The Labute approximate surface area is 157 Å². The van der Waals surface area contributed by atoms with Crippen LogP contribution in [0.15, 0.2) is 24.3 Å². The number of hydrogen-bond acceptors (Lipinski definition) is 6. The molecule has 0 atom stereocenters. The molecular formula is C18H25N3O4S. The average Bonchev–Trinajstić information content (AvgIpc) is 2.97.